The third-order valence-corrected chi connectivity index (χ3v) is 3.79. The molecule has 0 fully saturated rings. The lowest BCUT2D eigenvalue weighted by molar-refractivity contribution is -0.112. The van der Waals surface area contributed by atoms with Crippen LogP contribution in [0.15, 0.2) is 42.0 Å². The second-order valence-electron chi connectivity index (χ2n) is 5.22. The lowest BCUT2D eigenvalue weighted by Gasteiger charge is -2.06. The molecule has 0 unspecified atom stereocenters. The van der Waals surface area contributed by atoms with Gasteiger partial charge in [-0.05, 0) is 36.8 Å². The zero-order valence-corrected chi connectivity index (χ0v) is 13.6. The van der Waals surface area contributed by atoms with E-state index in [9.17, 15) is 10.1 Å². The Balaban J connectivity index is 1.85. The van der Waals surface area contributed by atoms with E-state index >= 15 is 0 Å². The van der Waals surface area contributed by atoms with Crippen LogP contribution in [0.25, 0.3) is 6.08 Å². The number of amides is 1. The van der Waals surface area contributed by atoms with Crippen molar-refractivity contribution in [1.82, 2.24) is 0 Å². The molecular weight excluding hydrogens is 328 g/mol. The van der Waals surface area contributed by atoms with Gasteiger partial charge in [0.05, 0.1) is 5.02 Å². The van der Waals surface area contributed by atoms with Gasteiger partial charge in [0.25, 0.3) is 5.91 Å². The number of nitrogens with zero attached hydrogens (tertiary/aromatic N) is 1. The zero-order valence-electron chi connectivity index (χ0n) is 12.8. The maximum Gasteiger partial charge on any atom is 0.266 e. The molecule has 24 heavy (non-hydrogen) atoms. The molecule has 0 radical (unpaired) electrons. The van der Waals surface area contributed by atoms with Gasteiger partial charge in [-0.15, -0.1) is 0 Å². The standard InChI is InChI=1S/C18H13ClN2O3/c1-11-2-4-14(5-3-11)21-18(22)13(9-20)6-12-7-16-17(8-15(12)19)24-10-23-16/h2-8H,10H2,1H3,(H,21,22)/b13-6-. The fourth-order valence-electron chi connectivity index (χ4n) is 2.18. The van der Waals surface area contributed by atoms with Gasteiger partial charge in [-0.25, -0.2) is 0 Å². The number of carbonyl (C=O) groups is 1. The van der Waals surface area contributed by atoms with E-state index in [1.165, 1.54) is 6.08 Å². The topological polar surface area (TPSA) is 71.4 Å². The van der Waals surface area contributed by atoms with Gasteiger partial charge >= 0.3 is 0 Å². The molecule has 2 aromatic rings. The van der Waals surface area contributed by atoms with E-state index in [1.54, 1.807) is 24.3 Å². The number of fused-ring (bicyclic) bond motifs is 1. The summed E-state index contributed by atoms with van der Waals surface area (Å²) in [6.07, 6.45) is 1.42. The van der Waals surface area contributed by atoms with Crippen LogP contribution in [0.5, 0.6) is 11.5 Å². The first kappa shape index (κ1) is 15.9. The Kier molecular flexibility index (Phi) is 4.41. The van der Waals surface area contributed by atoms with E-state index in [2.05, 4.69) is 5.32 Å². The third-order valence-electron chi connectivity index (χ3n) is 3.47. The Morgan fingerprint density at radius 1 is 1.25 bits per heavy atom. The van der Waals surface area contributed by atoms with E-state index in [-0.39, 0.29) is 12.4 Å². The average molecular weight is 341 g/mol. The summed E-state index contributed by atoms with van der Waals surface area (Å²) in [6, 6.07) is 12.4. The smallest absolute Gasteiger partial charge is 0.266 e. The van der Waals surface area contributed by atoms with Gasteiger partial charge in [0, 0.05) is 11.8 Å². The molecule has 2 aromatic carbocycles. The van der Waals surface area contributed by atoms with Gasteiger partial charge in [0.15, 0.2) is 11.5 Å². The molecule has 1 heterocycles. The second-order valence-corrected chi connectivity index (χ2v) is 5.62. The molecule has 0 atom stereocenters. The minimum Gasteiger partial charge on any atom is -0.454 e. The quantitative estimate of drug-likeness (QED) is 0.679. The number of hydrogen-bond donors (Lipinski definition) is 1. The van der Waals surface area contributed by atoms with E-state index in [1.807, 2.05) is 25.1 Å². The number of aryl methyl sites for hydroxylation is 1. The summed E-state index contributed by atoms with van der Waals surface area (Å²) in [5, 5.41) is 12.3. The molecule has 1 aliphatic rings. The van der Waals surface area contributed by atoms with Crippen LogP contribution in [0.2, 0.25) is 5.02 Å². The molecule has 1 aliphatic heterocycles. The number of rotatable bonds is 3. The van der Waals surface area contributed by atoms with Gasteiger partial charge in [-0.1, -0.05) is 29.3 Å². The molecule has 1 amide bonds. The van der Waals surface area contributed by atoms with Gasteiger partial charge < -0.3 is 14.8 Å². The van der Waals surface area contributed by atoms with Crippen molar-refractivity contribution in [1.29, 1.82) is 5.26 Å². The SMILES string of the molecule is Cc1ccc(NC(=O)/C(C#N)=C\c2cc3c(cc2Cl)OCO3)cc1. The van der Waals surface area contributed by atoms with Crippen LogP contribution in [-0.2, 0) is 4.79 Å². The first-order valence-electron chi connectivity index (χ1n) is 7.16. The maximum atomic E-state index is 12.3. The normalized spacial score (nSPS) is 12.6. The lowest BCUT2D eigenvalue weighted by Crippen LogP contribution is -2.13. The Morgan fingerprint density at radius 2 is 1.92 bits per heavy atom. The highest BCUT2D eigenvalue weighted by Gasteiger charge is 2.17. The van der Waals surface area contributed by atoms with Crippen molar-refractivity contribution in [3.05, 3.63) is 58.1 Å². The number of nitrogens with one attached hydrogen (secondary N) is 1. The van der Waals surface area contributed by atoms with Crippen LogP contribution in [-0.4, -0.2) is 12.7 Å². The van der Waals surface area contributed by atoms with Crippen LogP contribution in [0.4, 0.5) is 5.69 Å². The second kappa shape index (κ2) is 6.65. The van der Waals surface area contributed by atoms with Crippen molar-refractivity contribution < 1.29 is 14.3 Å². The highest BCUT2D eigenvalue weighted by atomic mass is 35.5. The molecule has 120 valence electrons. The van der Waals surface area contributed by atoms with Crippen LogP contribution in [0, 0.1) is 18.3 Å². The Bertz CT molecular complexity index is 867. The molecule has 0 aromatic heterocycles. The Hall–Kier alpha value is -2.97. The third kappa shape index (κ3) is 3.34. The van der Waals surface area contributed by atoms with Crippen molar-refractivity contribution >= 4 is 29.3 Å². The Labute approximate surface area is 144 Å². The van der Waals surface area contributed by atoms with Crippen LogP contribution in [0.1, 0.15) is 11.1 Å². The van der Waals surface area contributed by atoms with E-state index in [0.717, 1.165) is 5.56 Å². The van der Waals surface area contributed by atoms with Crippen LogP contribution < -0.4 is 14.8 Å². The largest absolute Gasteiger partial charge is 0.454 e. The number of carbonyl (C=O) groups excluding carboxylic acids is 1. The minimum atomic E-state index is -0.505. The van der Waals surface area contributed by atoms with Crippen molar-refractivity contribution in [3.8, 4) is 17.6 Å². The van der Waals surface area contributed by atoms with Crippen molar-refractivity contribution in [2.75, 3.05) is 12.1 Å². The van der Waals surface area contributed by atoms with Gasteiger partial charge in [0.2, 0.25) is 6.79 Å². The number of ether oxygens (including phenoxy) is 2. The Morgan fingerprint density at radius 3 is 2.58 bits per heavy atom. The highest BCUT2D eigenvalue weighted by Crippen LogP contribution is 2.37. The first-order chi connectivity index (χ1) is 11.6. The van der Waals surface area contributed by atoms with Gasteiger partial charge in [-0.2, -0.15) is 5.26 Å². The maximum absolute atomic E-state index is 12.3. The number of anilines is 1. The molecule has 0 saturated carbocycles. The molecule has 1 N–H and O–H groups in total. The predicted molar refractivity (Wildman–Crippen MR) is 91.0 cm³/mol. The molecular formula is C18H13ClN2O3. The summed E-state index contributed by atoms with van der Waals surface area (Å²) in [6.45, 7) is 2.08. The van der Waals surface area contributed by atoms with Crippen molar-refractivity contribution in [3.63, 3.8) is 0 Å². The zero-order chi connectivity index (χ0) is 17.1. The summed E-state index contributed by atoms with van der Waals surface area (Å²) < 4.78 is 10.5. The number of benzene rings is 2. The van der Waals surface area contributed by atoms with E-state index in [0.29, 0.717) is 27.8 Å². The highest BCUT2D eigenvalue weighted by molar-refractivity contribution is 6.32. The lowest BCUT2D eigenvalue weighted by atomic mass is 10.1. The fourth-order valence-corrected chi connectivity index (χ4v) is 2.39. The predicted octanol–water partition coefficient (Wildman–Crippen LogP) is 3.92. The molecule has 5 nitrogen and oxygen atoms in total. The molecule has 0 bridgehead atoms. The minimum absolute atomic E-state index is 0.0589. The molecule has 0 spiro atoms. The summed E-state index contributed by atoms with van der Waals surface area (Å²) >= 11 is 6.17. The summed E-state index contributed by atoms with van der Waals surface area (Å²) in [4.78, 5) is 12.3. The van der Waals surface area contributed by atoms with Gasteiger partial charge in [-0.3, -0.25) is 4.79 Å². The molecule has 6 heteroatoms. The average Bonchev–Trinajstić information content (AvgIpc) is 3.01. The summed E-state index contributed by atoms with van der Waals surface area (Å²) in [5.74, 6) is 0.566. The monoisotopic (exact) mass is 340 g/mol. The fraction of sp³-hybridized carbons (Fsp3) is 0.111. The van der Waals surface area contributed by atoms with E-state index in [4.69, 9.17) is 21.1 Å². The number of hydrogen-bond acceptors (Lipinski definition) is 4. The summed E-state index contributed by atoms with van der Waals surface area (Å²) in [7, 11) is 0. The molecule has 3 rings (SSSR count). The summed E-state index contributed by atoms with van der Waals surface area (Å²) in [5.41, 5.74) is 2.15. The van der Waals surface area contributed by atoms with Crippen molar-refractivity contribution in [2.24, 2.45) is 0 Å². The molecule has 0 saturated heterocycles. The number of halogens is 1. The van der Waals surface area contributed by atoms with Gasteiger partial charge in [0.1, 0.15) is 11.6 Å². The first-order valence-corrected chi connectivity index (χ1v) is 7.53. The molecule has 0 aliphatic carbocycles. The number of nitriles is 1. The van der Waals surface area contributed by atoms with Crippen LogP contribution in [0.3, 0.4) is 0 Å². The van der Waals surface area contributed by atoms with Crippen LogP contribution >= 0.6 is 11.6 Å². The van der Waals surface area contributed by atoms with E-state index < -0.39 is 5.91 Å². The van der Waals surface area contributed by atoms with Crippen molar-refractivity contribution in [2.45, 2.75) is 6.92 Å².